The van der Waals surface area contributed by atoms with Crippen LogP contribution >= 0.6 is 39.1 Å². The maximum atomic E-state index is 13.4. The molecule has 0 aromatic carbocycles. The number of allylic oxidation sites excluding steroid dienone is 21. The largest absolute Gasteiger partial charge is 0.483 e. The van der Waals surface area contributed by atoms with E-state index in [1.54, 1.807) is 6.92 Å². The van der Waals surface area contributed by atoms with Gasteiger partial charge in [0.25, 0.3) is 0 Å². The second-order valence-corrected chi connectivity index (χ2v) is 39.9. The Hall–Kier alpha value is -3.93. The molecule has 0 spiro atoms. The molecule has 0 aromatic heterocycles. The van der Waals surface area contributed by atoms with Crippen LogP contribution in [0.1, 0.15) is 225 Å². The summed E-state index contributed by atoms with van der Waals surface area (Å²) < 4.78 is 124. The molecule has 0 bridgehead atoms. The molecule has 2 heterocycles. The first-order chi connectivity index (χ1) is 59.3. The van der Waals surface area contributed by atoms with Gasteiger partial charge in [0.2, 0.25) is 11.8 Å². The Kier molecular flexibility index (Phi) is 58.0. The van der Waals surface area contributed by atoms with Crippen LogP contribution in [0, 0.1) is 0 Å². The Bertz CT molecular complexity index is 3910. The molecule has 0 radical (unpaired) electrons. The molecule has 43 heteroatoms. The van der Waals surface area contributed by atoms with Crippen LogP contribution in [0.3, 0.4) is 0 Å². The first-order valence-corrected chi connectivity index (χ1v) is 50.1. The second-order valence-electron chi connectivity index (χ2n) is 32.6. The van der Waals surface area contributed by atoms with E-state index in [0.29, 0.717) is 12.8 Å². The van der Waals surface area contributed by atoms with E-state index in [-0.39, 0.29) is 0 Å². The smallest absolute Gasteiger partial charge is 0.394 e. The summed E-state index contributed by atoms with van der Waals surface area (Å²) in [5.74, 6) is -1.92. The van der Waals surface area contributed by atoms with Gasteiger partial charge in [0.05, 0.1) is 59.5 Å². The zero-order valence-corrected chi connectivity index (χ0v) is 80.2. The van der Waals surface area contributed by atoms with Gasteiger partial charge in [0.15, 0.2) is 12.6 Å². The van der Waals surface area contributed by atoms with E-state index >= 15 is 0 Å². The monoisotopic (exact) mass is 1910 g/mol. The van der Waals surface area contributed by atoms with Crippen LogP contribution in [0.4, 0.5) is 0 Å². The van der Waals surface area contributed by atoms with Crippen molar-refractivity contribution >= 4 is 50.9 Å². The van der Waals surface area contributed by atoms with Crippen LogP contribution in [0.2, 0.25) is 0 Å². The van der Waals surface area contributed by atoms with Crippen molar-refractivity contribution in [2.45, 2.75) is 329 Å². The maximum Gasteiger partial charge on any atom is 0.483 e. The molecule has 127 heavy (non-hydrogen) atoms. The number of aliphatic hydroxyl groups excluding tert-OH is 12. The van der Waals surface area contributed by atoms with Crippen molar-refractivity contribution < 1.29 is 173 Å². The van der Waals surface area contributed by atoms with Crippen LogP contribution in [0.25, 0.3) is 0 Å². The number of rotatable bonds is 65. The fourth-order valence-corrected chi connectivity index (χ4v) is 17.4. The average molecular weight is 1920 g/mol. The number of carbonyl (C=O) groups is 2. The first-order valence-electron chi connectivity index (χ1n) is 42.6. The van der Waals surface area contributed by atoms with Crippen molar-refractivity contribution in [3.05, 3.63) is 128 Å². The Morgan fingerprint density at radius 2 is 0.630 bits per heavy atom. The van der Waals surface area contributed by atoms with E-state index in [2.05, 4.69) is 163 Å². The van der Waals surface area contributed by atoms with E-state index in [9.17, 15) is 113 Å². The lowest BCUT2D eigenvalue weighted by Gasteiger charge is -2.48. The lowest BCUT2D eigenvalue weighted by atomic mass is 9.94. The summed E-state index contributed by atoms with van der Waals surface area (Å²) >= 11 is 0. The lowest BCUT2D eigenvalue weighted by Crippen LogP contribution is -2.69. The molecule has 2 saturated heterocycles. The average Bonchev–Trinajstić information content (AvgIpc) is 0.768. The predicted molar refractivity (Wildman–Crippen MR) is 474 cm³/mol. The minimum Gasteiger partial charge on any atom is -0.394 e. The third-order valence-corrected chi connectivity index (χ3v) is 25.8. The summed E-state index contributed by atoms with van der Waals surface area (Å²) in [6, 6.07) is -3.95. The fourth-order valence-electron chi connectivity index (χ4n) is 12.8. The molecule has 2 amide bonds. The zero-order chi connectivity index (χ0) is 96.0. The van der Waals surface area contributed by atoms with E-state index in [0.717, 1.165) is 135 Å². The Labute approximate surface area is 747 Å². The van der Waals surface area contributed by atoms with Gasteiger partial charge in [0, 0.05) is 13.8 Å². The van der Waals surface area contributed by atoms with Gasteiger partial charge < -0.3 is 111 Å². The number of phosphoric acid groups is 5. The van der Waals surface area contributed by atoms with Crippen LogP contribution in [0.5, 0.6) is 0 Å². The molecule has 0 aliphatic carbocycles. The van der Waals surface area contributed by atoms with Gasteiger partial charge in [-0.05, 0) is 212 Å². The van der Waals surface area contributed by atoms with Crippen LogP contribution in [0.15, 0.2) is 128 Å². The summed E-state index contributed by atoms with van der Waals surface area (Å²) in [5, 5.41) is 127. The third-order valence-electron chi connectivity index (χ3n) is 20.3. The van der Waals surface area contributed by atoms with Gasteiger partial charge in [-0.3, -0.25) is 45.8 Å². The highest BCUT2D eigenvalue weighted by molar-refractivity contribution is 7.61. The van der Waals surface area contributed by atoms with Crippen molar-refractivity contribution in [1.82, 2.24) is 10.6 Å². The van der Waals surface area contributed by atoms with Crippen molar-refractivity contribution in [2.24, 2.45) is 0 Å². The van der Waals surface area contributed by atoms with Crippen LogP contribution in [-0.4, -0.2) is 261 Å². The Balaban J connectivity index is 1.87. The molecule has 5 unspecified atom stereocenters. The molecule has 2 aliphatic rings. The van der Waals surface area contributed by atoms with E-state index in [1.165, 1.54) is 61.8 Å². The van der Waals surface area contributed by atoms with Crippen LogP contribution < -0.4 is 10.6 Å². The molecular formula is C84H147N2O36P5. The topological polar surface area (TPSA) is 598 Å². The zero-order valence-electron chi connectivity index (χ0n) is 75.8. The highest BCUT2D eigenvalue weighted by Crippen LogP contribution is 2.61. The summed E-state index contributed by atoms with van der Waals surface area (Å²) in [6.07, 6.45) is 13.1. The summed E-state index contributed by atoms with van der Waals surface area (Å²) in [5.41, 5.74) is 14.8. The molecule has 2 rings (SSSR count). The van der Waals surface area contributed by atoms with E-state index < -0.39 is 214 Å². The SMILES string of the molecule is CC(=O)N[C@@H]1[C@H](O[C@H]2[C@H](O)[C@@H](NC(C)=O)[C@@H](OP(=O)(O)OP(=O)(O)OC/C=C(/C)CC/C=C(/C)CC/C=C(/C)CC/C=C(/C)CC/C=C(/C)CC/C=C(/C)CC/C=C(/C)CC/C=C(/C)CC/C=C(\C)CC/C=C(\C)CCC=C(C)C)O[C@@H]2CO)O[C@H](CO)[C@@H](OP(=O)(O)OC[C@H](O)COP(=O)(O)OC[C@@H](O)[C@@H](O)[C@@H](O)COP(=O)(O)OC[C@@H](O)[C@@H](O)[C@@H](O)CO)[C@@H]1O. The van der Waals surface area contributed by atoms with Crippen LogP contribution in [-0.2, 0) is 87.1 Å². The second kappa shape index (κ2) is 61.9. The minimum absolute atomic E-state index is 0.524. The summed E-state index contributed by atoms with van der Waals surface area (Å²) in [7, 11) is -27.4. The van der Waals surface area contributed by atoms with Crippen molar-refractivity contribution in [3.8, 4) is 0 Å². The molecule has 734 valence electrons. The highest BCUT2D eigenvalue weighted by atomic mass is 31.3. The molecule has 2 aliphatic heterocycles. The molecule has 2 fully saturated rings. The van der Waals surface area contributed by atoms with Crippen molar-refractivity contribution in [3.63, 3.8) is 0 Å². The van der Waals surface area contributed by atoms with Gasteiger partial charge in [0.1, 0.15) is 91.4 Å². The fraction of sp³-hybridized carbons (Fsp3) is 0.714. The van der Waals surface area contributed by atoms with Gasteiger partial charge in [-0.25, -0.2) is 22.8 Å². The molecular weight excluding hydrogens is 1770 g/mol. The number of nitrogens with one attached hydrogen (secondary N) is 2. The Morgan fingerprint density at radius 1 is 0.346 bits per heavy atom. The van der Waals surface area contributed by atoms with Gasteiger partial charge in [-0.15, -0.1) is 0 Å². The summed E-state index contributed by atoms with van der Waals surface area (Å²) in [4.78, 5) is 76.9. The predicted octanol–water partition coefficient (Wildman–Crippen LogP) is 10.3. The number of phosphoric ester groups is 5. The van der Waals surface area contributed by atoms with Gasteiger partial charge >= 0.3 is 39.1 Å². The normalized spacial score (nSPS) is 24.9. The third kappa shape index (κ3) is 52.5. The van der Waals surface area contributed by atoms with E-state index in [1.807, 2.05) is 6.92 Å². The Morgan fingerprint density at radius 3 is 0.953 bits per heavy atom. The van der Waals surface area contributed by atoms with Crippen molar-refractivity contribution in [1.29, 1.82) is 0 Å². The number of carbonyl (C=O) groups excluding carboxylic acids is 2. The summed E-state index contributed by atoms with van der Waals surface area (Å²) in [6.45, 7) is 17.5. The number of amides is 2. The quantitative estimate of drug-likeness (QED) is 0.0199. The number of ether oxygens (including phenoxy) is 3. The number of aliphatic hydroxyl groups is 12. The molecule has 38 nitrogen and oxygen atoms in total. The van der Waals surface area contributed by atoms with Gasteiger partial charge in [-0.2, -0.15) is 4.31 Å². The molecule has 0 aromatic rings. The molecule has 19 N–H and O–H groups in total. The number of hydrogen-bond acceptors (Lipinski definition) is 31. The lowest BCUT2D eigenvalue weighted by molar-refractivity contribution is -0.324. The van der Waals surface area contributed by atoms with Crippen molar-refractivity contribution in [2.75, 3.05) is 59.5 Å². The minimum atomic E-state index is -5.83. The van der Waals surface area contributed by atoms with E-state index in [4.69, 9.17) is 37.4 Å². The first kappa shape index (κ1) is 119. The molecule has 0 saturated carbocycles. The highest BCUT2D eigenvalue weighted by Gasteiger charge is 2.55. The molecule has 22 atom stereocenters. The maximum absolute atomic E-state index is 13.4. The number of hydrogen-bond donors (Lipinski definition) is 19. The standard InChI is InChI=1S/C84H147N2O36P5/c1-55(2)25-15-26-56(3)27-16-28-57(4)29-17-30-58(5)31-18-32-59(6)33-19-34-60(7)35-20-36-61(8)37-21-38-62(9)39-22-40-63(10)41-23-42-64(11)43-24-44-65(12)45-46-111-126(107,108)122-127(109,110)121-84-76(86-67(14)91)79(99)81(73(48-88)118-84)119-83-75(85-66(13)90)80(100)82(74(49-89)117-83)120-125(105,106)113-51-68(92)50-112-123(101,102)114-53-71(95)78(98)72(96)54-116-124(103,104)115-52-70(94)77(97)69(93)47-87/h25,27,29,31,33,35,37,39,41,43,45,68-84,87-89,92-100H,15-24,26,28,30,32,34,36,38,40,42,44,46-54H2,1-14H3,(H,85,90)(H,86,91)(H,101,102)(H,103,104)(H,105,106)(H,107,108)(H,109,110)/b56-27+,57-29+,58-31-,59-33-,60-35-,61-37-,62-39-,63-41-,64-43-,65-45-/t68-,69+,70-,71-,72+,73-,74-,75+,76-,77+,78-,79-,80-,81-,82-,83+,84-/m1/s1. The van der Waals surface area contributed by atoms with Gasteiger partial charge in [-0.1, -0.05) is 128 Å².